The van der Waals surface area contributed by atoms with E-state index >= 15 is 0 Å². The molecule has 1 aliphatic heterocycles. The van der Waals surface area contributed by atoms with E-state index in [0.29, 0.717) is 17.1 Å². The lowest BCUT2D eigenvalue weighted by molar-refractivity contribution is -0.177. The number of hydrogen-bond donors (Lipinski definition) is 2. The van der Waals surface area contributed by atoms with Crippen LogP contribution in [0, 0.1) is 5.92 Å². The van der Waals surface area contributed by atoms with Gasteiger partial charge in [0.1, 0.15) is 41.4 Å². The highest BCUT2D eigenvalue weighted by molar-refractivity contribution is 7.52. The SMILES string of the molecule is CCC(=O)O[C@H]1[C@H](c2ccc3c(N)ncnn23)O[C@]2(C)C(O[P@](=O)(N[C@@H](C)C(=O)OCC3CCC3)Oc3ccccc3)[C@]12OC(=O)CC. The van der Waals surface area contributed by atoms with Crippen LogP contribution in [0.15, 0.2) is 48.8 Å². The van der Waals surface area contributed by atoms with Crippen LogP contribution in [0.2, 0.25) is 0 Å². The van der Waals surface area contributed by atoms with Crippen molar-refractivity contribution >= 4 is 37.0 Å². The van der Waals surface area contributed by atoms with Gasteiger partial charge in [-0.3, -0.25) is 18.9 Å². The number of nitrogens with zero attached hydrogens (tertiary/aromatic N) is 3. The molecule has 3 N–H and O–H groups in total. The minimum absolute atomic E-state index is 0.00489. The molecule has 1 saturated heterocycles. The maximum absolute atomic E-state index is 14.6. The first kappa shape index (κ1) is 33.8. The van der Waals surface area contributed by atoms with Crippen LogP contribution in [0.3, 0.4) is 0 Å². The minimum atomic E-state index is -4.47. The van der Waals surface area contributed by atoms with Crippen LogP contribution in [0.5, 0.6) is 5.75 Å². The number of aromatic nitrogens is 3. The number of rotatable bonds is 14. The van der Waals surface area contributed by atoms with Gasteiger partial charge in [-0.1, -0.05) is 38.5 Å². The van der Waals surface area contributed by atoms with E-state index in [4.69, 9.17) is 33.7 Å². The van der Waals surface area contributed by atoms with E-state index in [9.17, 15) is 18.9 Å². The third-order valence-corrected chi connectivity index (χ3v) is 10.8. The van der Waals surface area contributed by atoms with Crippen molar-refractivity contribution in [2.75, 3.05) is 12.3 Å². The Kier molecular flexibility index (Phi) is 9.24. The van der Waals surface area contributed by atoms with Gasteiger partial charge in [0.15, 0.2) is 11.9 Å². The van der Waals surface area contributed by atoms with Gasteiger partial charge in [0.2, 0.25) is 5.60 Å². The number of benzene rings is 1. The maximum Gasteiger partial charge on any atom is 0.459 e. The standard InChI is InChI=1S/C32H40N5O10P/c1-5-24(38)43-27-26(22-15-16-23-28(33)34-18-35-37(22)23)45-31(4)30(32(27,31)44-25(39)6-2)47-48(41,46-21-13-8-7-9-14-21)36-19(3)29(40)42-17-20-11-10-12-20/h7-9,13-16,18-20,26-27,30H,5-6,10-12,17H2,1-4H3,(H,36,41)(H2,33,34,35)/t19-,26-,27-,30?,31+,32+,48-/m0/s1. The van der Waals surface area contributed by atoms with Crippen LogP contribution in [0.25, 0.3) is 5.52 Å². The molecule has 7 atom stereocenters. The second-order valence-electron chi connectivity index (χ2n) is 12.4. The average molecular weight is 686 g/mol. The predicted molar refractivity (Wildman–Crippen MR) is 169 cm³/mol. The Morgan fingerprint density at radius 1 is 1.12 bits per heavy atom. The molecule has 2 aromatic heterocycles. The van der Waals surface area contributed by atoms with E-state index in [0.717, 1.165) is 19.3 Å². The molecule has 3 fully saturated rings. The lowest BCUT2D eigenvalue weighted by Crippen LogP contribution is -2.43. The van der Waals surface area contributed by atoms with E-state index in [1.165, 1.54) is 17.8 Å². The van der Waals surface area contributed by atoms with Gasteiger partial charge in [-0.2, -0.15) is 10.2 Å². The Bertz CT molecular complexity index is 1730. The number of carbonyl (C=O) groups is 3. The first-order valence-corrected chi connectivity index (χ1v) is 17.6. The molecule has 3 aromatic rings. The molecule has 258 valence electrons. The number of anilines is 1. The fourth-order valence-electron chi connectivity index (χ4n) is 6.23. The van der Waals surface area contributed by atoms with Crippen molar-refractivity contribution in [2.24, 2.45) is 5.92 Å². The highest BCUT2D eigenvalue weighted by Gasteiger charge is 2.91. The molecule has 1 unspecified atom stereocenters. The first-order valence-electron chi connectivity index (χ1n) is 16.1. The fourth-order valence-corrected chi connectivity index (χ4v) is 8.00. The van der Waals surface area contributed by atoms with Gasteiger partial charge in [0.25, 0.3) is 0 Å². The topological polar surface area (TPSA) is 192 Å². The minimum Gasteiger partial charge on any atom is -0.464 e. The largest absolute Gasteiger partial charge is 0.464 e. The molecule has 2 aliphatic carbocycles. The maximum atomic E-state index is 14.6. The molecular formula is C32H40N5O10P. The second-order valence-corrected chi connectivity index (χ2v) is 14.0. The van der Waals surface area contributed by atoms with Crippen LogP contribution >= 0.6 is 7.75 Å². The number of hydrogen-bond acceptors (Lipinski definition) is 13. The number of fused-ring (bicyclic) bond motifs is 2. The second kappa shape index (κ2) is 13.1. The molecule has 1 aromatic carbocycles. The van der Waals surface area contributed by atoms with Gasteiger partial charge < -0.3 is 29.2 Å². The lowest BCUT2D eigenvalue weighted by Gasteiger charge is -2.30. The monoisotopic (exact) mass is 685 g/mol. The predicted octanol–water partition coefficient (Wildman–Crippen LogP) is 4.06. The van der Waals surface area contributed by atoms with E-state index in [-0.39, 0.29) is 31.0 Å². The highest BCUT2D eigenvalue weighted by Crippen LogP contribution is 2.71. The van der Waals surface area contributed by atoms with Gasteiger partial charge in [-0.15, -0.1) is 0 Å². The molecule has 2 saturated carbocycles. The van der Waals surface area contributed by atoms with Gasteiger partial charge in [0, 0.05) is 12.8 Å². The number of nitrogens with two attached hydrogens (primary N) is 1. The molecule has 0 amide bonds. The quantitative estimate of drug-likeness (QED) is 0.140. The summed E-state index contributed by atoms with van der Waals surface area (Å²) in [6, 6.07) is 10.5. The van der Waals surface area contributed by atoms with Gasteiger partial charge >= 0.3 is 25.7 Å². The number of ether oxygens (including phenoxy) is 4. The highest BCUT2D eigenvalue weighted by atomic mass is 31.2. The van der Waals surface area contributed by atoms with Crippen molar-refractivity contribution in [2.45, 2.75) is 95.4 Å². The summed E-state index contributed by atoms with van der Waals surface area (Å²) >= 11 is 0. The number of nitrogens with one attached hydrogen (secondary N) is 1. The molecule has 0 radical (unpaired) electrons. The van der Waals surface area contributed by atoms with Crippen molar-refractivity contribution in [3.05, 3.63) is 54.5 Å². The normalized spacial score (nSPS) is 28.0. The summed E-state index contributed by atoms with van der Waals surface area (Å²) in [6.45, 7) is 6.58. The molecule has 3 heterocycles. The number of para-hydroxylation sites is 1. The third kappa shape index (κ3) is 6.04. The molecule has 16 heteroatoms. The summed E-state index contributed by atoms with van der Waals surface area (Å²) in [7, 11) is -4.47. The van der Waals surface area contributed by atoms with Crippen LogP contribution in [-0.4, -0.2) is 68.6 Å². The zero-order chi connectivity index (χ0) is 34.3. The summed E-state index contributed by atoms with van der Waals surface area (Å²) in [6.07, 6.45) is 0.734. The summed E-state index contributed by atoms with van der Waals surface area (Å²) in [4.78, 5) is 42.9. The Labute approximate surface area is 277 Å². The van der Waals surface area contributed by atoms with Crippen LogP contribution in [0.1, 0.15) is 71.6 Å². The smallest absolute Gasteiger partial charge is 0.459 e. The molecule has 0 bridgehead atoms. The van der Waals surface area contributed by atoms with Crippen molar-refractivity contribution < 1.29 is 46.9 Å². The molecule has 48 heavy (non-hydrogen) atoms. The zero-order valence-corrected chi connectivity index (χ0v) is 28.1. The summed E-state index contributed by atoms with van der Waals surface area (Å²) in [5.74, 6) is -1.17. The van der Waals surface area contributed by atoms with Crippen LogP contribution in [-0.2, 0) is 42.4 Å². The number of carbonyl (C=O) groups excluding carboxylic acids is 3. The zero-order valence-electron chi connectivity index (χ0n) is 27.2. The Morgan fingerprint density at radius 2 is 1.85 bits per heavy atom. The van der Waals surface area contributed by atoms with Crippen LogP contribution < -0.4 is 15.3 Å². The third-order valence-electron chi connectivity index (χ3n) is 9.18. The first-order chi connectivity index (χ1) is 22.9. The van der Waals surface area contributed by atoms with Gasteiger partial charge in [0.05, 0.1) is 12.3 Å². The van der Waals surface area contributed by atoms with Crippen LogP contribution in [0.4, 0.5) is 5.82 Å². The van der Waals surface area contributed by atoms with Gasteiger partial charge in [-0.25, -0.2) is 14.1 Å². The van der Waals surface area contributed by atoms with Crippen molar-refractivity contribution in [3.8, 4) is 5.75 Å². The number of esters is 3. The van der Waals surface area contributed by atoms with Gasteiger partial charge in [-0.05, 0) is 56.9 Å². The molecular weight excluding hydrogens is 645 g/mol. The summed E-state index contributed by atoms with van der Waals surface area (Å²) < 4.78 is 52.3. The molecule has 3 aliphatic rings. The lowest BCUT2D eigenvalue weighted by atomic mass is 9.86. The van der Waals surface area contributed by atoms with Crippen molar-refractivity contribution in [1.82, 2.24) is 19.7 Å². The Hall–Kier alpha value is -4.04. The Balaban J connectivity index is 1.35. The van der Waals surface area contributed by atoms with E-state index < -0.39 is 61.2 Å². The van der Waals surface area contributed by atoms with Crippen molar-refractivity contribution in [3.63, 3.8) is 0 Å². The average Bonchev–Trinajstić information content (AvgIpc) is 3.31. The molecule has 0 spiro atoms. The molecule has 6 rings (SSSR count). The summed E-state index contributed by atoms with van der Waals surface area (Å²) in [5.41, 5.74) is 3.71. The summed E-state index contributed by atoms with van der Waals surface area (Å²) in [5, 5.41) is 7.00. The molecule has 15 nitrogen and oxygen atoms in total. The van der Waals surface area contributed by atoms with E-state index in [1.54, 1.807) is 63.2 Å². The van der Waals surface area contributed by atoms with E-state index in [1.807, 2.05) is 0 Å². The van der Waals surface area contributed by atoms with E-state index in [2.05, 4.69) is 15.2 Å². The fraction of sp³-hybridized carbons (Fsp3) is 0.531. The Morgan fingerprint density at radius 3 is 2.52 bits per heavy atom. The van der Waals surface area contributed by atoms with Crippen molar-refractivity contribution in [1.29, 1.82) is 0 Å². The number of nitrogen functional groups attached to an aromatic ring is 1.